The SMILES string of the molecule is O=[N+]([O-])c1ccc(N2CCN(c3ccccc3O)CC2)c([N+](=O)[O-])c1. The molecule has 0 aliphatic carbocycles. The zero-order valence-electron chi connectivity index (χ0n) is 13.2. The summed E-state index contributed by atoms with van der Waals surface area (Å²) in [6.07, 6.45) is 0. The van der Waals surface area contributed by atoms with E-state index in [0.717, 1.165) is 11.8 Å². The Bertz CT molecular complexity index is 818. The Morgan fingerprint density at radius 1 is 0.840 bits per heavy atom. The highest BCUT2D eigenvalue weighted by Gasteiger charge is 2.26. The van der Waals surface area contributed by atoms with Crippen LogP contribution in [0.5, 0.6) is 5.75 Å². The number of nitro groups is 2. The van der Waals surface area contributed by atoms with Gasteiger partial charge in [0.25, 0.3) is 11.4 Å². The van der Waals surface area contributed by atoms with E-state index >= 15 is 0 Å². The predicted molar refractivity (Wildman–Crippen MR) is 92.3 cm³/mol. The van der Waals surface area contributed by atoms with Gasteiger partial charge in [-0.2, -0.15) is 0 Å². The summed E-state index contributed by atoms with van der Waals surface area (Å²) in [6.45, 7) is 2.16. The topological polar surface area (TPSA) is 113 Å². The summed E-state index contributed by atoms with van der Waals surface area (Å²) in [5.41, 5.74) is 0.515. The monoisotopic (exact) mass is 344 g/mol. The van der Waals surface area contributed by atoms with Gasteiger partial charge >= 0.3 is 0 Å². The number of hydrogen-bond acceptors (Lipinski definition) is 7. The molecule has 25 heavy (non-hydrogen) atoms. The highest BCUT2D eigenvalue weighted by molar-refractivity contribution is 5.68. The van der Waals surface area contributed by atoms with E-state index in [1.807, 2.05) is 21.9 Å². The highest BCUT2D eigenvalue weighted by atomic mass is 16.6. The van der Waals surface area contributed by atoms with Crippen LogP contribution in [0.1, 0.15) is 0 Å². The largest absolute Gasteiger partial charge is 0.506 e. The molecule has 0 aromatic heterocycles. The Kier molecular flexibility index (Phi) is 4.38. The van der Waals surface area contributed by atoms with Crippen LogP contribution in [0.2, 0.25) is 0 Å². The summed E-state index contributed by atoms with van der Waals surface area (Å²) >= 11 is 0. The van der Waals surface area contributed by atoms with E-state index in [0.29, 0.717) is 31.9 Å². The molecule has 0 amide bonds. The first kappa shape index (κ1) is 16.5. The van der Waals surface area contributed by atoms with Crippen molar-refractivity contribution in [1.82, 2.24) is 0 Å². The first-order chi connectivity index (χ1) is 12.0. The third-order valence-corrected chi connectivity index (χ3v) is 4.21. The van der Waals surface area contributed by atoms with Crippen molar-refractivity contribution < 1.29 is 15.0 Å². The van der Waals surface area contributed by atoms with E-state index in [2.05, 4.69) is 0 Å². The number of para-hydroxylation sites is 2. The molecular formula is C16H16N4O5. The maximum absolute atomic E-state index is 11.3. The third-order valence-electron chi connectivity index (χ3n) is 4.21. The van der Waals surface area contributed by atoms with E-state index in [1.54, 1.807) is 12.1 Å². The molecule has 0 atom stereocenters. The van der Waals surface area contributed by atoms with Crippen LogP contribution in [-0.4, -0.2) is 41.1 Å². The third kappa shape index (κ3) is 3.30. The smallest absolute Gasteiger partial charge is 0.299 e. The number of hydrogen-bond donors (Lipinski definition) is 1. The summed E-state index contributed by atoms with van der Waals surface area (Å²) < 4.78 is 0. The van der Waals surface area contributed by atoms with Gasteiger partial charge in [-0.05, 0) is 18.2 Å². The fourth-order valence-electron chi connectivity index (χ4n) is 2.96. The van der Waals surface area contributed by atoms with Gasteiger partial charge in [-0.25, -0.2) is 0 Å². The van der Waals surface area contributed by atoms with Crippen molar-refractivity contribution in [2.45, 2.75) is 0 Å². The van der Waals surface area contributed by atoms with Crippen LogP contribution in [0.15, 0.2) is 42.5 Å². The fraction of sp³-hybridized carbons (Fsp3) is 0.250. The van der Waals surface area contributed by atoms with E-state index in [1.165, 1.54) is 12.1 Å². The van der Waals surface area contributed by atoms with Crippen LogP contribution in [0.4, 0.5) is 22.7 Å². The summed E-state index contributed by atoms with van der Waals surface area (Å²) in [5.74, 6) is 0.192. The molecule has 9 nitrogen and oxygen atoms in total. The second-order valence-corrected chi connectivity index (χ2v) is 5.65. The summed E-state index contributed by atoms with van der Waals surface area (Å²) in [5, 5.41) is 32.1. The molecule has 3 rings (SSSR count). The fourth-order valence-corrected chi connectivity index (χ4v) is 2.96. The van der Waals surface area contributed by atoms with Crippen LogP contribution >= 0.6 is 0 Å². The minimum Gasteiger partial charge on any atom is -0.506 e. The van der Waals surface area contributed by atoms with Crippen molar-refractivity contribution >= 4 is 22.7 Å². The zero-order valence-corrected chi connectivity index (χ0v) is 13.2. The number of aromatic hydroxyl groups is 1. The first-order valence-corrected chi connectivity index (χ1v) is 7.68. The summed E-state index contributed by atoms with van der Waals surface area (Å²) in [4.78, 5) is 24.7. The molecule has 130 valence electrons. The minimum atomic E-state index is -0.646. The number of nitro benzene ring substituents is 2. The van der Waals surface area contributed by atoms with E-state index < -0.39 is 9.85 Å². The number of phenols is 1. The summed E-state index contributed by atoms with van der Waals surface area (Å²) in [6, 6.07) is 10.7. The van der Waals surface area contributed by atoms with E-state index in [9.17, 15) is 25.3 Å². The van der Waals surface area contributed by atoms with Crippen LogP contribution < -0.4 is 9.80 Å². The minimum absolute atomic E-state index is 0.192. The molecular weight excluding hydrogens is 328 g/mol. The van der Waals surface area contributed by atoms with Gasteiger partial charge in [0.1, 0.15) is 11.4 Å². The van der Waals surface area contributed by atoms with Crippen LogP contribution in [0.25, 0.3) is 0 Å². The molecule has 0 unspecified atom stereocenters. The first-order valence-electron chi connectivity index (χ1n) is 7.68. The van der Waals surface area contributed by atoms with Gasteiger partial charge in [-0.1, -0.05) is 12.1 Å². The van der Waals surface area contributed by atoms with Gasteiger partial charge in [-0.15, -0.1) is 0 Å². The van der Waals surface area contributed by atoms with Crippen molar-refractivity contribution in [3.05, 3.63) is 62.7 Å². The molecule has 0 radical (unpaired) electrons. The molecule has 9 heteroatoms. The molecule has 0 spiro atoms. The van der Waals surface area contributed by atoms with Gasteiger partial charge in [0.15, 0.2) is 0 Å². The maximum atomic E-state index is 11.3. The number of benzene rings is 2. The number of piperazine rings is 1. The van der Waals surface area contributed by atoms with Crippen molar-refractivity contribution in [2.24, 2.45) is 0 Å². The van der Waals surface area contributed by atoms with Crippen molar-refractivity contribution in [2.75, 3.05) is 36.0 Å². The van der Waals surface area contributed by atoms with Crippen molar-refractivity contribution in [3.63, 3.8) is 0 Å². The number of anilines is 2. The van der Waals surface area contributed by atoms with Crippen LogP contribution in [0.3, 0.4) is 0 Å². The van der Waals surface area contributed by atoms with Gasteiger partial charge < -0.3 is 14.9 Å². The lowest BCUT2D eigenvalue weighted by atomic mass is 10.2. The second-order valence-electron chi connectivity index (χ2n) is 5.65. The lowest BCUT2D eigenvalue weighted by Crippen LogP contribution is -2.46. The molecule has 1 N–H and O–H groups in total. The Morgan fingerprint density at radius 3 is 2.00 bits per heavy atom. The molecule has 1 aliphatic rings. The second kappa shape index (κ2) is 6.63. The Hall–Kier alpha value is -3.36. The number of non-ortho nitro benzene ring substituents is 1. The zero-order chi connectivity index (χ0) is 18.0. The molecule has 0 bridgehead atoms. The predicted octanol–water partition coefficient (Wildman–Crippen LogP) is 2.54. The lowest BCUT2D eigenvalue weighted by Gasteiger charge is -2.37. The lowest BCUT2D eigenvalue weighted by molar-refractivity contribution is -0.393. The van der Waals surface area contributed by atoms with Gasteiger partial charge in [0, 0.05) is 32.2 Å². The molecule has 0 saturated carbocycles. The summed E-state index contributed by atoms with van der Waals surface area (Å²) in [7, 11) is 0. The Labute approximate surface area is 143 Å². The molecule has 1 fully saturated rings. The van der Waals surface area contributed by atoms with E-state index in [4.69, 9.17) is 0 Å². The number of nitrogens with zero attached hydrogens (tertiary/aromatic N) is 4. The average molecular weight is 344 g/mol. The van der Waals surface area contributed by atoms with Crippen molar-refractivity contribution in [3.8, 4) is 5.75 Å². The Balaban J connectivity index is 1.80. The van der Waals surface area contributed by atoms with Crippen LogP contribution in [0, 0.1) is 20.2 Å². The average Bonchev–Trinajstić information content (AvgIpc) is 2.61. The van der Waals surface area contributed by atoms with Gasteiger partial charge in [-0.3, -0.25) is 20.2 Å². The van der Waals surface area contributed by atoms with Crippen molar-refractivity contribution in [1.29, 1.82) is 0 Å². The molecule has 1 saturated heterocycles. The highest BCUT2D eigenvalue weighted by Crippen LogP contribution is 2.34. The van der Waals surface area contributed by atoms with E-state index in [-0.39, 0.29) is 17.1 Å². The quantitative estimate of drug-likeness (QED) is 0.669. The standard InChI is InChI=1S/C16H16N4O5/c21-16-4-2-1-3-14(16)18-9-7-17(8-10-18)13-6-5-12(19(22)23)11-15(13)20(24)25/h1-6,11,21H,7-10H2. The Morgan fingerprint density at radius 2 is 1.44 bits per heavy atom. The molecule has 1 heterocycles. The molecule has 1 aliphatic heterocycles. The normalized spacial score (nSPS) is 14.4. The molecule has 2 aromatic rings. The maximum Gasteiger partial charge on any atom is 0.299 e. The van der Waals surface area contributed by atoms with Crippen LogP contribution in [-0.2, 0) is 0 Å². The number of rotatable bonds is 4. The van der Waals surface area contributed by atoms with Gasteiger partial charge in [0.05, 0.1) is 21.6 Å². The molecule has 2 aromatic carbocycles. The number of phenolic OH excluding ortho intramolecular Hbond substituents is 1. The van der Waals surface area contributed by atoms with Gasteiger partial charge in [0.2, 0.25) is 0 Å².